The van der Waals surface area contributed by atoms with Gasteiger partial charge in [-0.25, -0.2) is 0 Å². The predicted molar refractivity (Wildman–Crippen MR) is 57.2 cm³/mol. The molecule has 2 atom stereocenters. The molecule has 0 saturated carbocycles. The Bertz CT molecular complexity index is 203. The van der Waals surface area contributed by atoms with Gasteiger partial charge in [-0.2, -0.15) is 0 Å². The van der Waals surface area contributed by atoms with Crippen LogP contribution in [-0.2, 0) is 4.74 Å². The molecule has 0 aromatic rings. The first-order valence-corrected chi connectivity index (χ1v) is 5.66. The summed E-state index contributed by atoms with van der Waals surface area (Å²) in [6, 6.07) is 0.627. The number of ether oxygens (including phenoxy) is 1. The zero-order valence-corrected chi connectivity index (χ0v) is 9.33. The molecule has 2 aliphatic heterocycles. The van der Waals surface area contributed by atoms with Crippen molar-refractivity contribution in [3.05, 3.63) is 0 Å². The second-order valence-corrected chi connectivity index (χ2v) is 5.47. The third-order valence-electron chi connectivity index (χ3n) is 3.47. The van der Waals surface area contributed by atoms with Crippen LogP contribution in [0.15, 0.2) is 0 Å². The Hall–Kier alpha value is -0.120. The molecule has 0 aromatic carbocycles. The van der Waals surface area contributed by atoms with Gasteiger partial charge in [0.1, 0.15) is 0 Å². The number of nitrogens with zero attached hydrogens (tertiary/aromatic N) is 1. The first-order chi connectivity index (χ1) is 6.61. The SMILES string of the molecule is CC1(C)COC(CN2CCC2CN)C1. The van der Waals surface area contributed by atoms with E-state index >= 15 is 0 Å². The number of rotatable bonds is 3. The summed E-state index contributed by atoms with van der Waals surface area (Å²) in [4.78, 5) is 2.46. The maximum Gasteiger partial charge on any atom is 0.0708 e. The van der Waals surface area contributed by atoms with E-state index in [9.17, 15) is 0 Å². The standard InChI is InChI=1S/C11H22N2O/c1-11(2)5-10(14-8-11)7-13-4-3-9(13)6-12/h9-10H,3-8,12H2,1-2H3. The van der Waals surface area contributed by atoms with Crippen molar-refractivity contribution in [3.63, 3.8) is 0 Å². The lowest BCUT2D eigenvalue weighted by Crippen LogP contribution is -2.54. The Morgan fingerprint density at radius 2 is 2.29 bits per heavy atom. The van der Waals surface area contributed by atoms with Gasteiger partial charge in [-0.05, 0) is 18.3 Å². The summed E-state index contributed by atoms with van der Waals surface area (Å²) in [6.07, 6.45) is 2.91. The summed E-state index contributed by atoms with van der Waals surface area (Å²) >= 11 is 0. The van der Waals surface area contributed by atoms with Crippen molar-refractivity contribution in [2.45, 2.75) is 38.8 Å². The molecule has 0 aliphatic carbocycles. The fraction of sp³-hybridized carbons (Fsp3) is 1.00. The summed E-state index contributed by atoms with van der Waals surface area (Å²) in [5.41, 5.74) is 6.05. The highest BCUT2D eigenvalue weighted by Gasteiger charge is 2.36. The molecular formula is C11H22N2O. The molecule has 82 valence electrons. The molecule has 2 N–H and O–H groups in total. The van der Waals surface area contributed by atoms with Gasteiger partial charge in [0.05, 0.1) is 12.7 Å². The molecule has 2 rings (SSSR count). The maximum atomic E-state index is 5.78. The number of hydrogen-bond acceptors (Lipinski definition) is 3. The highest BCUT2D eigenvalue weighted by atomic mass is 16.5. The Balaban J connectivity index is 1.76. The smallest absolute Gasteiger partial charge is 0.0708 e. The molecule has 0 radical (unpaired) electrons. The summed E-state index contributed by atoms with van der Waals surface area (Å²) in [5.74, 6) is 0. The average molecular weight is 198 g/mol. The van der Waals surface area contributed by atoms with Gasteiger partial charge in [0.2, 0.25) is 0 Å². The largest absolute Gasteiger partial charge is 0.376 e. The molecular weight excluding hydrogens is 176 g/mol. The highest BCUT2D eigenvalue weighted by Crippen LogP contribution is 2.32. The lowest BCUT2D eigenvalue weighted by Gasteiger charge is -2.41. The van der Waals surface area contributed by atoms with Crippen molar-refractivity contribution in [1.29, 1.82) is 0 Å². The summed E-state index contributed by atoms with van der Waals surface area (Å²) < 4.78 is 5.78. The van der Waals surface area contributed by atoms with Gasteiger partial charge in [0.25, 0.3) is 0 Å². The van der Waals surface area contributed by atoms with E-state index in [1.54, 1.807) is 0 Å². The maximum absolute atomic E-state index is 5.78. The summed E-state index contributed by atoms with van der Waals surface area (Å²) in [6.45, 7) is 8.58. The Morgan fingerprint density at radius 3 is 2.71 bits per heavy atom. The fourth-order valence-corrected chi connectivity index (χ4v) is 2.46. The third-order valence-corrected chi connectivity index (χ3v) is 3.47. The minimum atomic E-state index is 0.383. The fourth-order valence-electron chi connectivity index (χ4n) is 2.46. The van der Waals surface area contributed by atoms with E-state index in [0.29, 0.717) is 17.6 Å². The van der Waals surface area contributed by atoms with Crippen LogP contribution in [0.3, 0.4) is 0 Å². The molecule has 2 aliphatic rings. The number of hydrogen-bond donors (Lipinski definition) is 1. The van der Waals surface area contributed by atoms with Crippen LogP contribution in [0.4, 0.5) is 0 Å². The predicted octanol–water partition coefficient (Wildman–Crippen LogP) is 0.834. The van der Waals surface area contributed by atoms with Crippen molar-refractivity contribution < 1.29 is 4.74 Å². The van der Waals surface area contributed by atoms with Gasteiger partial charge >= 0.3 is 0 Å². The average Bonchev–Trinajstić information content (AvgIpc) is 2.41. The minimum absolute atomic E-state index is 0.383. The van der Waals surface area contributed by atoms with Crippen LogP contribution < -0.4 is 5.73 Å². The van der Waals surface area contributed by atoms with E-state index < -0.39 is 0 Å². The molecule has 2 heterocycles. The molecule has 2 fully saturated rings. The molecule has 0 amide bonds. The Labute approximate surface area is 86.6 Å². The molecule has 14 heavy (non-hydrogen) atoms. The van der Waals surface area contributed by atoms with E-state index in [1.165, 1.54) is 19.4 Å². The normalized spacial score (nSPS) is 37.1. The van der Waals surface area contributed by atoms with E-state index in [-0.39, 0.29) is 0 Å². The van der Waals surface area contributed by atoms with E-state index in [1.807, 2.05) is 0 Å². The van der Waals surface area contributed by atoms with Gasteiger partial charge in [-0.1, -0.05) is 13.8 Å². The van der Waals surface area contributed by atoms with Gasteiger partial charge in [0, 0.05) is 25.7 Å². The number of likely N-dealkylation sites (tertiary alicyclic amines) is 1. The second-order valence-electron chi connectivity index (χ2n) is 5.47. The van der Waals surface area contributed by atoms with Gasteiger partial charge in [0.15, 0.2) is 0 Å². The molecule has 0 aromatic heterocycles. The Kier molecular flexibility index (Phi) is 2.82. The zero-order valence-electron chi connectivity index (χ0n) is 9.33. The number of nitrogens with two attached hydrogens (primary N) is 1. The van der Waals surface area contributed by atoms with E-state index in [4.69, 9.17) is 10.5 Å². The summed E-state index contributed by atoms with van der Waals surface area (Å²) in [7, 11) is 0. The van der Waals surface area contributed by atoms with Crippen molar-refractivity contribution in [2.75, 3.05) is 26.2 Å². The van der Waals surface area contributed by atoms with Crippen LogP contribution in [0.5, 0.6) is 0 Å². The van der Waals surface area contributed by atoms with Crippen LogP contribution in [-0.4, -0.2) is 43.3 Å². The van der Waals surface area contributed by atoms with E-state index in [0.717, 1.165) is 19.7 Å². The van der Waals surface area contributed by atoms with E-state index in [2.05, 4.69) is 18.7 Å². The lowest BCUT2D eigenvalue weighted by molar-refractivity contribution is 0.0182. The molecule has 0 spiro atoms. The topological polar surface area (TPSA) is 38.5 Å². The molecule has 3 nitrogen and oxygen atoms in total. The first-order valence-electron chi connectivity index (χ1n) is 5.66. The van der Waals surface area contributed by atoms with Crippen LogP contribution in [0.2, 0.25) is 0 Å². The Morgan fingerprint density at radius 1 is 1.50 bits per heavy atom. The molecule has 3 heteroatoms. The van der Waals surface area contributed by atoms with Crippen molar-refractivity contribution in [2.24, 2.45) is 11.1 Å². The van der Waals surface area contributed by atoms with Crippen molar-refractivity contribution in [1.82, 2.24) is 4.90 Å². The zero-order chi connectivity index (χ0) is 10.2. The quantitative estimate of drug-likeness (QED) is 0.730. The monoisotopic (exact) mass is 198 g/mol. The summed E-state index contributed by atoms with van der Waals surface area (Å²) in [5, 5.41) is 0. The van der Waals surface area contributed by atoms with Gasteiger partial charge in [-0.15, -0.1) is 0 Å². The van der Waals surface area contributed by atoms with Crippen LogP contribution >= 0.6 is 0 Å². The van der Waals surface area contributed by atoms with Crippen molar-refractivity contribution in [3.8, 4) is 0 Å². The van der Waals surface area contributed by atoms with Gasteiger partial charge in [-0.3, -0.25) is 4.90 Å². The van der Waals surface area contributed by atoms with Crippen LogP contribution in [0.1, 0.15) is 26.7 Å². The second kappa shape index (κ2) is 3.80. The molecule has 2 saturated heterocycles. The minimum Gasteiger partial charge on any atom is -0.376 e. The first kappa shape index (κ1) is 10.4. The molecule has 2 unspecified atom stereocenters. The molecule has 0 bridgehead atoms. The van der Waals surface area contributed by atoms with Gasteiger partial charge < -0.3 is 10.5 Å². The van der Waals surface area contributed by atoms with Crippen LogP contribution in [0, 0.1) is 5.41 Å². The van der Waals surface area contributed by atoms with Crippen molar-refractivity contribution >= 4 is 0 Å². The third kappa shape index (κ3) is 2.10. The lowest BCUT2D eigenvalue weighted by atomic mass is 9.90. The highest BCUT2D eigenvalue weighted by molar-refractivity contribution is 4.88. The van der Waals surface area contributed by atoms with Crippen LogP contribution in [0.25, 0.3) is 0 Å².